The van der Waals surface area contributed by atoms with Crippen LogP contribution in [0.4, 0.5) is 0 Å². The minimum absolute atomic E-state index is 0.0725. The molecule has 4 nitrogen and oxygen atoms in total. The number of hydrogen-bond donors (Lipinski definition) is 1. The normalized spacial score (nSPS) is 12.4. The molecule has 0 bridgehead atoms. The summed E-state index contributed by atoms with van der Waals surface area (Å²) in [6.45, 7) is 2.67. The molecule has 1 atom stereocenters. The van der Waals surface area contributed by atoms with Crippen molar-refractivity contribution in [2.75, 3.05) is 6.54 Å². The highest BCUT2D eigenvalue weighted by Gasteiger charge is 1.98. The molecule has 1 unspecified atom stereocenters. The molecule has 1 aromatic rings. The van der Waals surface area contributed by atoms with E-state index in [1.807, 2.05) is 26.4 Å². The number of aromatic nitrogens is 2. The fraction of sp³-hybridized carbons (Fsp3) is 0.556. The number of aryl methyl sites for hydroxylation is 1. The Bertz CT molecular complexity index is 297. The molecule has 1 N–H and O–H groups in total. The minimum atomic E-state index is -0.0725. The molecule has 1 aromatic heterocycles. The Labute approximate surface area is 78.2 Å². The van der Waals surface area contributed by atoms with E-state index < -0.39 is 0 Å². The Morgan fingerprint density at radius 2 is 2.54 bits per heavy atom. The zero-order valence-corrected chi connectivity index (χ0v) is 7.99. The topological polar surface area (TPSA) is 53.6 Å². The summed E-state index contributed by atoms with van der Waals surface area (Å²) >= 11 is 0. The summed E-state index contributed by atoms with van der Waals surface area (Å²) in [5.74, 6) is 0. The van der Waals surface area contributed by atoms with Crippen molar-refractivity contribution in [1.29, 1.82) is 5.26 Å². The SMILES string of the molecule is CC(C#N)NCCc1cnn(C)c1. The van der Waals surface area contributed by atoms with Crippen LogP contribution in [0.15, 0.2) is 12.4 Å². The van der Waals surface area contributed by atoms with E-state index in [4.69, 9.17) is 5.26 Å². The Balaban J connectivity index is 2.25. The van der Waals surface area contributed by atoms with Gasteiger partial charge in [0.2, 0.25) is 0 Å². The Kier molecular flexibility index (Phi) is 3.47. The van der Waals surface area contributed by atoms with Gasteiger partial charge in [0.05, 0.1) is 18.3 Å². The number of nitrogens with one attached hydrogen (secondary N) is 1. The van der Waals surface area contributed by atoms with Crippen LogP contribution in [-0.2, 0) is 13.5 Å². The van der Waals surface area contributed by atoms with Crippen LogP contribution < -0.4 is 5.32 Å². The lowest BCUT2D eigenvalue weighted by Crippen LogP contribution is -2.26. The zero-order valence-electron chi connectivity index (χ0n) is 7.99. The molecule has 13 heavy (non-hydrogen) atoms. The van der Waals surface area contributed by atoms with Crippen LogP contribution in [-0.4, -0.2) is 22.4 Å². The highest BCUT2D eigenvalue weighted by Crippen LogP contribution is 1.96. The lowest BCUT2D eigenvalue weighted by atomic mass is 10.2. The Morgan fingerprint density at radius 1 is 1.77 bits per heavy atom. The molecule has 0 spiro atoms. The largest absolute Gasteiger partial charge is 0.302 e. The molecule has 0 aliphatic heterocycles. The molecule has 0 aliphatic rings. The zero-order chi connectivity index (χ0) is 9.68. The lowest BCUT2D eigenvalue weighted by molar-refractivity contribution is 0.640. The molecule has 70 valence electrons. The fourth-order valence-electron chi connectivity index (χ4n) is 1.08. The van der Waals surface area contributed by atoms with Crippen molar-refractivity contribution in [2.45, 2.75) is 19.4 Å². The molecular weight excluding hydrogens is 164 g/mol. The van der Waals surface area contributed by atoms with Gasteiger partial charge in [-0.1, -0.05) is 0 Å². The minimum Gasteiger partial charge on any atom is -0.302 e. The summed E-state index contributed by atoms with van der Waals surface area (Å²) in [4.78, 5) is 0. The van der Waals surface area contributed by atoms with Crippen LogP contribution in [0.3, 0.4) is 0 Å². The summed E-state index contributed by atoms with van der Waals surface area (Å²) in [5.41, 5.74) is 1.19. The fourth-order valence-corrected chi connectivity index (χ4v) is 1.08. The third-order valence-electron chi connectivity index (χ3n) is 1.82. The smallest absolute Gasteiger partial charge is 0.0924 e. The molecule has 0 aromatic carbocycles. The highest BCUT2D eigenvalue weighted by atomic mass is 15.2. The van der Waals surface area contributed by atoms with Crippen LogP contribution >= 0.6 is 0 Å². The summed E-state index contributed by atoms with van der Waals surface area (Å²) in [6.07, 6.45) is 4.75. The molecular formula is C9H14N4. The standard InChI is InChI=1S/C9H14N4/c1-8(5-10)11-4-3-9-6-12-13(2)7-9/h6-8,11H,3-4H2,1-2H3. The maximum Gasteiger partial charge on any atom is 0.0924 e. The first kappa shape index (κ1) is 9.75. The van der Waals surface area contributed by atoms with Gasteiger partial charge < -0.3 is 5.32 Å². The van der Waals surface area contributed by atoms with Crippen LogP contribution in [0.25, 0.3) is 0 Å². The van der Waals surface area contributed by atoms with Gasteiger partial charge in [-0.15, -0.1) is 0 Å². The second-order valence-corrected chi connectivity index (χ2v) is 3.08. The van der Waals surface area contributed by atoms with Gasteiger partial charge in [-0.25, -0.2) is 0 Å². The van der Waals surface area contributed by atoms with Gasteiger partial charge in [-0.2, -0.15) is 10.4 Å². The molecule has 0 aliphatic carbocycles. The monoisotopic (exact) mass is 178 g/mol. The van der Waals surface area contributed by atoms with Gasteiger partial charge in [0.25, 0.3) is 0 Å². The van der Waals surface area contributed by atoms with Crippen molar-refractivity contribution < 1.29 is 0 Å². The van der Waals surface area contributed by atoms with Crippen molar-refractivity contribution in [3.63, 3.8) is 0 Å². The first-order valence-electron chi connectivity index (χ1n) is 4.33. The third kappa shape index (κ3) is 3.26. The van der Waals surface area contributed by atoms with E-state index in [1.54, 1.807) is 4.68 Å². The summed E-state index contributed by atoms with van der Waals surface area (Å²) in [6, 6.07) is 2.05. The average Bonchev–Trinajstić information content (AvgIpc) is 2.51. The molecule has 4 heteroatoms. The summed E-state index contributed by atoms with van der Waals surface area (Å²) in [7, 11) is 1.90. The van der Waals surface area contributed by atoms with Gasteiger partial charge >= 0.3 is 0 Å². The van der Waals surface area contributed by atoms with Crippen LogP contribution in [0.2, 0.25) is 0 Å². The number of nitrogens with zero attached hydrogens (tertiary/aromatic N) is 3. The molecule has 0 saturated heterocycles. The van der Waals surface area contributed by atoms with E-state index in [1.165, 1.54) is 5.56 Å². The van der Waals surface area contributed by atoms with E-state index in [0.717, 1.165) is 13.0 Å². The summed E-state index contributed by atoms with van der Waals surface area (Å²) in [5, 5.41) is 15.7. The van der Waals surface area contributed by atoms with Gasteiger partial charge in [0.1, 0.15) is 0 Å². The van der Waals surface area contributed by atoms with Gasteiger partial charge in [-0.05, 0) is 18.9 Å². The first-order valence-corrected chi connectivity index (χ1v) is 4.33. The maximum atomic E-state index is 8.51. The number of rotatable bonds is 4. The van der Waals surface area contributed by atoms with Crippen molar-refractivity contribution in [2.24, 2.45) is 7.05 Å². The predicted molar refractivity (Wildman–Crippen MR) is 50.0 cm³/mol. The average molecular weight is 178 g/mol. The third-order valence-corrected chi connectivity index (χ3v) is 1.82. The second kappa shape index (κ2) is 4.63. The van der Waals surface area contributed by atoms with Gasteiger partial charge in [-0.3, -0.25) is 4.68 Å². The van der Waals surface area contributed by atoms with E-state index in [9.17, 15) is 0 Å². The van der Waals surface area contributed by atoms with Crippen LogP contribution in [0.1, 0.15) is 12.5 Å². The highest BCUT2D eigenvalue weighted by molar-refractivity contribution is 5.04. The Hall–Kier alpha value is -1.34. The second-order valence-electron chi connectivity index (χ2n) is 3.08. The molecule has 1 rings (SSSR count). The van der Waals surface area contributed by atoms with Crippen LogP contribution in [0, 0.1) is 11.3 Å². The van der Waals surface area contributed by atoms with Gasteiger partial charge in [0, 0.05) is 19.8 Å². The van der Waals surface area contributed by atoms with E-state index in [-0.39, 0.29) is 6.04 Å². The number of nitriles is 1. The van der Waals surface area contributed by atoms with Crippen molar-refractivity contribution >= 4 is 0 Å². The van der Waals surface area contributed by atoms with Crippen molar-refractivity contribution in [3.8, 4) is 6.07 Å². The van der Waals surface area contributed by atoms with E-state index >= 15 is 0 Å². The van der Waals surface area contributed by atoms with Gasteiger partial charge in [0.15, 0.2) is 0 Å². The summed E-state index contributed by atoms with van der Waals surface area (Å²) < 4.78 is 1.78. The van der Waals surface area contributed by atoms with Crippen LogP contribution in [0.5, 0.6) is 0 Å². The Morgan fingerprint density at radius 3 is 3.08 bits per heavy atom. The quantitative estimate of drug-likeness (QED) is 0.729. The van der Waals surface area contributed by atoms with Crippen molar-refractivity contribution in [3.05, 3.63) is 18.0 Å². The predicted octanol–water partition coefficient (Wildman–Crippen LogP) is 0.464. The molecule has 0 saturated carbocycles. The van der Waals surface area contributed by atoms with E-state index in [2.05, 4.69) is 16.5 Å². The number of hydrogen-bond acceptors (Lipinski definition) is 3. The lowest BCUT2D eigenvalue weighted by Gasteiger charge is -2.03. The molecule has 0 radical (unpaired) electrons. The maximum absolute atomic E-state index is 8.51. The van der Waals surface area contributed by atoms with E-state index in [0.29, 0.717) is 0 Å². The first-order chi connectivity index (χ1) is 6.22. The molecule has 1 heterocycles. The molecule has 0 fully saturated rings. The molecule has 0 amide bonds. The van der Waals surface area contributed by atoms with Crippen molar-refractivity contribution in [1.82, 2.24) is 15.1 Å².